The number of aryl methyl sites for hydroxylation is 4. The summed E-state index contributed by atoms with van der Waals surface area (Å²) in [7, 11) is 0. The number of carbonyl (C=O) groups excluding carboxylic acids is 2. The summed E-state index contributed by atoms with van der Waals surface area (Å²) in [5, 5.41) is 2.89. The number of aromatic nitrogens is 1. The van der Waals surface area contributed by atoms with Crippen LogP contribution in [0.3, 0.4) is 0 Å². The second kappa shape index (κ2) is 8.86. The van der Waals surface area contributed by atoms with Crippen LogP contribution in [0.4, 0.5) is 5.69 Å². The van der Waals surface area contributed by atoms with Crippen molar-refractivity contribution in [3.8, 4) is 5.75 Å². The maximum Gasteiger partial charge on any atom is 0.270 e. The van der Waals surface area contributed by atoms with Gasteiger partial charge in [-0.2, -0.15) is 0 Å². The zero-order valence-electron chi connectivity index (χ0n) is 17.9. The van der Waals surface area contributed by atoms with E-state index in [0.717, 1.165) is 28.2 Å². The highest BCUT2D eigenvalue weighted by Gasteiger charge is 2.16. The molecule has 0 spiro atoms. The van der Waals surface area contributed by atoms with Gasteiger partial charge in [-0.15, -0.1) is 0 Å². The Kier molecular flexibility index (Phi) is 6.26. The first-order valence-corrected chi connectivity index (χ1v) is 9.86. The van der Waals surface area contributed by atoms with Crippen molar-refractivity contribution < 1.29 is 14.3 Å². The number of hydrogen-bond acceptors (Lipinski definition) is 3. The van der Waals surface area contributed by atoms with Crippen molar-refractivity contribution >= 4 is 17.5 Å². The van der Waals surface area contributed by atoms with Gasteiger partial charge < -0.3 is 10.1 Å². The Hall–Kier alpha value is -3.54. The third-order valence-electron chi connectivity index (χ3n) is 4.92. The van der Waals surface area contributed by atoms with Crippen LogP contribution in [0.15, 0.2) is 54.6 Å². The normalized spacial score (nSPS) is 11.6. The quantitative estimate of drug-likeness (QED) is 0.634. The lowest BCUT2D eigenvalue weighted by Crippen LogP contribution is -2.30. The van der Waals surface area contributed by atoms with Crippen LogP contribution in [0.1, 0.15) is 39.8 Å². The molecule has 3 rings (SSSR count). The molecule has 156 valence electrons. The summed E-state index contributed by atoms with van der Waals surface area (Å²) >= 11 is 0. The van der Waals surface area contributed by atoms with Crippen LogP contribution < -0.4 is 15.5 Å². The summed E-state index contributed by atoms with van der Waals surface area (Å²) in [5.41, 5.74) is 8.17. The molecule has 2 N–H and O–H groups in total. The van der Waals surface area contributed by atoms with Crippen LogP contribution in [0.2, 0.25) is 0 Å². The predicted octanol–water partition coefficient (Wildman–Crippen LogP) is 4.51. The van der Waals surface area contributed by atoms with Gasteiger partial charge in [0.2, 0.25) is 0 Å². The Morgan fingerprint density at radius 3 is 2.13 bits per heavy atom. The molecule has 1 heterocycles. The molecule has 1 aromatic heterocycles. The summed E-state index contributed by atoms with van der Waals surface area (Å²) in [6.45, 7) is 9.50. The molecule has 6 heteroatoms. The predicted molar refractivity (Wildman–Crippen MR) is 119 cm³/mol. The van der Waals surface area contributed by atoms with Gasteiger partial charge in [-0.25, -0.2) is 0 Å². The molecule has 0 saturated carbocycles. The first-order chi connectivity index (χ1) is 14.2. The van der Waals surface area contributed by atoms with Gasteiger partial charge in [0, 0.05) is 22.6 Å². The van der Waals surface area contributed by atoms with E-state index in [-0.39, 0.29) is 11.8 Å². The van der Waals surface area contributed by atoms with E-state index in [1.165, 1.54) is 0 Å². The number of hydrogen-bond donors (Lipinski definition) is 2. The highest BCUT2D eigenvalue weighted by Crippen LogP contribution is 2.18. The summed E-state index contributed by atoms with van der Waals surface area (Å²) in [4.78, 5) is 24.9. The van der Waals surface area contributed by atoms with E-state index in [9.17, 15) is 9.59 Å². The summed E-state index contributed by atoms with van der Waals surface area (Å²) < 4.78 is 7.48. The fraction of sp³-hybridized carbons (Fsp3) is 0.250. The number of ether oxygens (including phenoxy) is 1. The topological polar surface area (TPSA) is 72.4 Å². The monoisotopic (exact) mass is 405 g/mol. The average molecular weight is 405 g/mol. The van der Waals surface area contributed by atoms with Crippen LogP contribution in [0.25, 0.3) is 0 Å². The molecule has 0 saturated heterocycles. The van der Waals surface area contributed by atoms with Crippen LogP contribution in [-0.4, -0.2) is 22.6 Å². The lowest BCUT2D eigenvalue weighted by atomic mass is 10.1. The van der Waals surface area contributed by atoms with Gasteiger partial charge in [0.25, 0.3) is 11.8 Å². The highest BCUT2D eigenvalue weighted by molar-refractivity contribution is 6.00. The van der Waals surface area contributed by atoms with Crippen molar-refractivity contribution in [3.05, 3.63) is 82.7 Å². The smallest absolute Gasteiger partial charge is 0.270 e. The number of nitrogens with zero attached hydrogens (tertiary/aromatic N) is 1. The molecule has 2 aromatic carbocycles. The Labute approximate surface area is 176 Å². The Balaban J connectivity index is 1.60. The molecular formula is C24H27N3O3. The third kappa shape index (κ3) is 4.89. The van der Waals surface area contributed by atoms with Crippen molar-refractivity contribution in [2.45, 2.75) is 40.7 Å². The van der Waals surface area contributed by atoms with Gasteiger partial charge >= 0.3 is 0 Å². The molecule has 0 radical (unpaired) electrons. The van der Waals surface area contributed by atoms with E-state index in [1.807, 2.05) is 58.0 Å². The fourth-order valence-electron chi connectivity index (χ4n) is 3.14. The number of benzene rings is 2. The van der Waals surface area contributed by atoms with Crippen LogP contribution in [0, 0.1) is 27.7 Å². The van der Waals surface area contributed by atoms with Gasteiger partial charge in [-0.1, -0.05) is 17.7 Å². The van der Waals surface area contributed by atoms with Crippen molar-refractivity contribution in [1.29, 1.82) is 0 Å². The minimum atomic E-state index is -0.685. The van der Waals surface area contributed by atoms with Gasteiger partial charge in [0.15, 0.2) is 6.10 Å². The zero-order valence-corrected chi connectivity index (χ0v) is 17.9. The zero-order chi connectivity index (χ0) is 21.8. The van der Waals surface area contributed by atoms with Crippen molar-refractivity contribution in [3.63, 3.8) is 0 Å². The van der Waals surface area contributed by atoms with Crippen LogP contribution in [0.5, 0.6) is 5.75 Å². The first-order valence-electron chi connectivity index (χ1n) is 9.86. The first kappa shape index (κ1) is 21.2. The standard InChI is InChI=1S/C24H27N3O3/c1-15-6-13-22(16(2)14-15)25-23(28)19(5)30-21-11-9-20(10-12-21)24(29)26-27-17(3)7-8-18(27)4/h6-14,19H,1-5H3,(H,25,28)(H,26,29)/t19-/m1/s1. The minimum absolute atomic E-state index is 0.218. The van der Waals surface area contributed by atoms with E-state index in [0.29, 0.717) is 11.3 Å². The lowest BCUT2D eigenvalue weighted by molar-refractivity contribution is -0.122. The van der Waals surface area contributed by atoms with E-state index < -0.39 is 6.10 Å². The van der Waals surface area contributed by atoms with Gasteiger partial charge in [0.05, 0.1) is 0 Å². The summed E-state index contributed by atoms with van der Waals surface area (Å²) in [6.07, 6.45) is -0.685. The van der Waals surface area contributed by atoms with Crippen LogP contribution >= 0.6 is 0 Å². The van der Waals surface area contributed by atoms with Gasteiger partial charge in [-0.05, 0) is 82.6 Å². The number of carbonyl (C=O) groups is 2. The van der Waals surface area contributed by atoms with Crippen molar-refractivity contribution in [2.24, 2.45) is 0 Å². The summed E-state index contributed by atoms with van der Waals surface area (Å²) in [5.74, 6) is 0.0649. The SMILES string of the molecule is Cc1ccc(NC(=O)[C@@H](C)Oc2ccc(C(=O)Nn3c(C)ccc3C)cc2)c(C)c1. The second-order valence-electron chi connectivity index (χ2n) is 7.48. The molecule has 0 bridgehead atoms. The molecule has 2 amide bonds. The molecule has 0 aliphatic carbocycles. The molecule has 0 fully saturated rings. The fourth-order valence-corrected chi connectivity index (χ4v) is 3.14. The average Bonchev–Trinajstić information content (AvgIpc) is 3.02. The Morgan fingerprint density at radius 1 is 0.900 bits per heavy atom. The molecule has 1 atom stereocenters. The highest BCUT2D eigenvalue weighted by atomic mass is 16.5. The maximum absolute atomic E-state index is 12.5. The molecule has 0 unspecified atom stereocenters. The third-order valence-corrected chi connectivity index (χ3v) is 4.92. The molecule has 6 nitrogen and oxygen atoms in total. The largest absolute Gasteiger partial charge is 0.481 e. The van der Waals surface area contributed by atoms with Crippen molar-refractivity contribution in [1.82, 2.24) is 4.68 Å². The van der Waals surface area contributed by atoms with E-state index in [4.69, 9.17) is 4.74 Å². The lowest BCUT2D eigenvalue weighted by Gasteiger charge is -2.16. The number of anilines is 1. The summed E-state index contributed by atoms with van der Waals surface area (Å²) in [6, 6.07) is 16.5. The molecule has 0 aliphatic heterocycles. The Bertz CT molecular complexity index is 1050. The Morgan fingerprint density at radius 2 is 1.53 bits per heavy atom. The molecule has 3 aromatic rings. The van der Waals surface area contributed by atoms with Crippen molar-refractivity contribution in [2.75, 3.05) is 10.7 Å². The second-order valence-corrected chi connectivity index (χ2v) is 7.48. The molecule has 0 aliphatic rings. The number of nitrogens with one attached hydrogen (secondary N) is 2. The van der Waals surface area contributed by atoms with E-state index >= 15 is 0 Å². The molecular weight excluding hydrogens is 378 g/mol. The molecule has 30 heavy (non-hydrogen) atoms. The van der Waals surface area contributed by atoms with E-state index in [2.05, 4.69) is 10.7 Å². The maximum atomic E-state index is 12.5. The van der Waals surface area contributed by atoms with Crippen LogP contribution in [-0.2, 0) is 4.79 Å². The number of rotatable bonds is 6. The number of amides is 2. The van der Waals surface area contributed by atoms with Gasteiger partial charge in [-0.3, -0.25) is 19.7 Å². The van der Waals surface area contributed by atoms with Gasteiger partial charge in [0.1, 0.15) is 5.75 Å². The minimum Gasteiger partial charge on any atom is -0.481 e. The van der Waals surface area contributed by atoms with E-state index in [1.54, 1.807) is 35.9 Å².